The molecule has 0 aromatic heterocycles. The number of rotatable bonds is 8. The highest BCUT2D eigenvalue weighted by Crippen LogP contribution is 2.48. The number of hydrogen-bond donors (Lipinski definition) is 1. The molecule has 1 aliphatic heterocycles. The number of anilines is 1. The highest BCUT2D eigenvalue weighted by atomic mass is 32.2. The second-order valence-corrected chi connectivity index (χ2v) is 12.0. The first kappa shape index (κ1) is 24.1. The van der Waals surface area contributed by atoms with Gasteiger partial charge in [-0.15, -0.1) is 0 Å². The predicted octanol–water partition coefficient (Wildman–Crippen LogP) is 4.80. The van der Waals surface area contributed by atoms with Crippen molar-refractivity contribution in [2.45, 2.75) is 32.4 Å². The summed E-state index contributed by atoms with van der Waals surface area (Å²) in [6, 6.07) is 10.4. The van der Waals surface area contributed by atoms with Crippen molar-refractivity contribution in [3.63, 3.8) is 0 Å². The van der Waals surface area contributed by atoms with Crippen LogP contribution in [0.25, 0.3) is 0 Å². The maximum atomic E-state index is 13.0. The summed E-state index contributed by atoms with van der Waals surface area (Å²) in [5.74, 6) is -0.0323. The van der Waals surface area contributed by atoms with E-state index in [1.807, 2.05) is 0 Å². The molecular weight excluding hydrogens is 468 g/mol. The number of nitrogens with one attached hydrogen (secondary N) is 1. The zero-order valence-electron chi connectivity index (χ0n) is 17.3. The van der Waals surface area contributed by atoms with Crippen LogP contribution >= 0.6 is 7.37 Å². The van der Waals surface area contributed by atoms with Crippen molar-refractivity contribution in [3.05, 3.63) is 59.2 Å². The number of halogens is 3. The van der Waals surface area contributed by atoms with E-state index in [0.29, 0.717) is 23.5 Å². The molecule has 0 bridgehead atoms. The molecule has 1 aliphatic rings. The van der Waals surface area contributed by atoms with Crippen LogP contribution < -0.4 is 9.25 Å². The lowest BCUT2D eigenvalue weighted by Gasteiger charge is -2.19. The topological polar surface area (TPSA) is 92.8 Å². The number of sulfonamides is 1. The molecule has 0 atom stereocenters. The molecule has 7 nitrogen and oxygen atoms in total. The standard InChI is InChI=1S/C20H22F3N2O5PS/c1-3-31(27,4-2)30-17-7-5-6-15-13-25(19(26)18(15)17)12-14-8-10-16(11-9-14)24-32(28,29)20(21,22)23/h5-11,24H,3-4,12-13H2,1-2H3. The molecule has 0 spiro atoms. The summed E-state index contributed by atoms with van der Waals surface area (Å²) in [6.07, 6.45) is 0.686. The van der Waals surface area contributed by atoms with Crippen LogP contribution in [0.5, 0.6) is 5.75 Å². The van der Waals surface area contributed by atoms with Crippen LogP contribution in [0, 0.1) is 0 Å². The second-order valence-electron chi connectivity index (χ2n) is 7.24. The average molecular weight is 490 g/mol. The summed E-state index contributed by atoms with van der Waals surface area (Å²) in [5, 5.41) is 0. The zero-order chi connectivity index (χ0) is 23.7. The van der Waals surface area contributed by atoms with Crippen LogP contribution in [0.4, 0.5) is 18.9 Å². The van der Waals surface area contributed by atoms with E-state index in [4.69, 9.17) is 4.52 Å². The average Bonchev–Trinajstić information content (AvgIpc) is 3.04. The Morgan fingerprint density at radius 3 is 2.28 bits per heavy atom. The molecule has 1 heterocycles. The summed E-state index contributed by atoms with van der Waals surface area (Å²) in [4.78, 5) is 14.5. The predicted molar refractivity (Wildman–Crippen MR) is 114 cm³/mol. The van der Waals surface area contributed by atoms with E-state index in [2.05, 4.69) is 0 Å². The SMILES string of the molecule is CCP(=O)(CC)Oc1cccc2c1C(=O)N(Cc1ccc(NS(=O)(=O)C(F)(F)F)cc1)C2. The third-order valence-electron chi connectivity index (χ3n) is 5.09. The van der Waals surface area contributed by atoms with E-state index >= 15 is 0 Å². The Balaban J connectivity index is 1.75. The normalized spacial score (nSPS) is 14.4. The zero-order valence-corrected chi connectivity index (χ0v) is 19.1. The first-order valence-corrected chi connectivity index (χ1v) is 13.2. The smallest absolute Gasteiger partial charge is 0.442 e. The Bertz CT molecular complexity index is 1160. The molecule has 12 heteroatoms. The fourth-order valence-electron chi connectivity index (χ4n) is 3.23. The lowest BCUT2D eigenvalue weighted by molar-refractivity contribution is -0.0429. The van der Waals surface area contributed by atoms with Crippen LogP contribution in [-0.2, 0) is 27.7 Å². The minimum absolute atomic E-state index is 0.151. The van der Waals surface area contributed by atoms with Gasteiger partial charge in [0.1, 0.15) is 5.75 Å². The third-order valence-corrected chi connectivity index (χ3v) is 8.66. The lowest BCUT2D eigenvalue weighted by Crippen LogP contribution is -2.29. The molecule has 2 aromatic carbocycles. The molecular formula is C20H22F3N2O5PS. The van der Waals surface area contributed by atoms with Crippen LogP contribution in [-0.4, -0.2) is 37.1 Å². The van der Waals surface area contributed by atoms with E-state index in [1.54, 1.807) is 32.0 Å². The Labute approximate surface area is 184 Å². The number of carbonyl (C=O) groups is 1. The van der Waals surface area contributed by atoms with Crippen LogP contribution in [0.2, 0.25) is 0 Å². The molecule has 0 fully saturated rings. The molecule has 0 radical (unpaired) electrons. The van der Waals surface area contributed by atoms with Gasteiger partial charge in [-0.3, -0.25) is 14.1 Å². The Morgan fingerprint density at radius 2 is 1.72 bits per heavy atom. The van der Waals surface area contributed by atoms with Crippen molar-refractivity contribution in [3.8, 4) is 5.75 Å². The van der Waals surface area contributed by atoms with Gasteiger partial charge in [-0.25, -0.2) is 0 Å². The van der Waals surface area contributed by atoms with E-state index in [9.17, 15) is 30.9 Å². The number of benzene rings is 2. The monoisotopic (exact) mass is 490 g/mol. The van der Waals surface area contributed by atoms with Crippen molar-refractivity contribution in [1.82, 2.24) is 4.90 Å². The largest absolute Gasteiger partial charge is 0.516 e. The first-order valence-electron chi connectivity index (χ1n) is 9.76. The van der Waals surface area contributed by atoms with E-state index in [1.165, 1.54) is 33.9 Å². The second kappa shape index (κ2) is 8.78. The van der Waals surface area contributed by atoms with E-state index < -0.39 is 22.9 Å². The number of carbonyl (C=O) groups excluding carboxylic acids is 1. The fraction of sp³-hybridized carbons (Fsp3) is 0.350. The van der Waals surface area contributed by atoms with Gasteiger partial charge >= 0.3 is 15.5 Å². The summed E-state index contributed by atoms with van der Waals surface area (Å²) in [5.41, 5.74) is -3.99. The van der Waals surface area contributed by atoms with Crippen LogP contribution in [0.1, 0.15) is 35.3 Å². The number of fused-ring (bicyclic) bond motifs is 1. The van der Waals surface area contributed by atoms with Gasteiger partial charge in [-0.05, 0) is 29.3 Å². The number of hydrogen-bond acceptors (Lipinski definition) is 5. The van der Waals surface area contributed by atoms with Gasteiger partial charge in [-0.2, -0.15) is 21.6 Å². The summed E-state index contributed by atoms with van der Waals surface area (Å²) in [6.45, 7) is 3.97. The van der Waals surface area contributed by atoms with Crippen molar-refractivity contribution < 1.29 is 35.5 Å². The van der Waals surface area contributed by atoms with Gasteiger partial charge in [0.05, 0.1) is 5.56 Å². The molecule has 0 unspecified atom stereocenters. The Morgan fingerprint density at radius 1 is 1.09 bits per heavy atom. The molecule has 0 saturated carbocycles. The first-order chi connectivity index (χ1) is 14.9. The Kier molecular flexibility index (Phi) is 6.62. The van der Waals surface area contributed by atoms with E-state index in [0.717, 1.165) is 5.56 Å². The molecule has 1 N–H and O–H groups in total. The van der Waals surface area contributed by atoms with Gasteiger partial charge in [0.15, 0.2) is 0 Å². The molecule has 1 amide bonds. The minimum atomic E-state index is -5.51. The molecule has 174 valence electrons. The molecule has 0 aliphatic carbocycles. The molecule has 0 saturated heterocycles. The number of alkyl halides is 3. The molecule has 3 rings (SSSR count). The Hall–Kier alpha value is -2.52. The summed E-state index contributed by atoms with van der Waals surface area (Å²) < 4.78 is 79.9. The van der Waals surface area contributed by atoms with Crippen LogP contribution in [0.15, 0.2) is 42.5 Å². The third kappa shape index (κ3) is 4.94. The van der Waals surface area contributed by atoms with Crippen molar-refractivity contribution in [2.75, 3.05) is 17.0 Å². The van der Waals surface area contributed by atoms with Crippen molar-refractivity contribution in [2.24, 2.45) is 0 Å². The lowest BCUT2D eigenvalue weighted by atomic mass is 10.1. The van der Waals surface area contributed by atoms with Gasteiger partial charge in [0.25, 0.3) is 5.91 Å². The maximum Gasteiger partial charge on any atom is 0.516 e. The van der Waals surface area contributed by atoms with Gasteiger partial charge < -0.3 is 9.42 Å². The highest BCUT2D eigenvalue weighted by molar-refractivity contribution is 7.93. The number of nitrogens with zero attached hydrogens (tertiary/aromatic N) is 1. The number of amides is 1. The molecule has 2 aromatic rings. The van der Waals surface area contributed by atoms with Crippen LogP contribution in [0.3, 0.4) is 0 Å². The van der Waals surface area contributed by atoms with Crippen molar-refractivity contribution >= 4 is 29.0 Å². The highest BCUT2D eigenvalue weighted by Gasteiger charge is 2.46. The van der Waals surface area contributed by atoms with Gasteiger partial charge in [0.2, 0.25) is 7.37 Å². The quantitative estimate of drug-likeness (QED) is 0.537. The summed E-state index contributed by atoms with van der Waals surface area (Å²) >= 11 is 0. The molecule has 32 heavy (non-hydrogen) atoms. The minimum Gasteiger partial charge on any atom is -0.442 e. The van der Waals surface area contributed by atoms with Gasteiger partial charge in [-0.1, -0.05) is 38.1 Å². The van der Waals surface area contributed by atoms with Gasteiger partial charge in [0, 0.05) is 31.1 Å². The van der Waals surface area contributed by atoms with E-state index in [-0.39, 0.29) is 30.4 Å². The van der Waals surface area contributed by atoms with Crippen molar-refractivity contribution in [1.29, 1.82) is 0 Å². The maximum absolute atomic E-state index is 13.0. The fourth-order valence-corrected chi connectivity index (χ4v) is 5.01. The summed E-state index contributed by atoms with van der Waals surface area (Å²) in [7, 11) is -8.40.